The lowest BCUT2D eigenvalue weighted by molar-refractivity contribution is 0.414. The number of hydrogen-bond donors (Lipinski definition) is 2. The molecule has 172 valence electrons. The summed E-state index contributed by atoms with van der Waals surface area (Å²) in [7, 11) is -1.59. The van der Waals surface area contributed by atoms with Gasteiger partial charge in [-0.25, -0.2) is 8.42 Å². The number of guanidine groups is 1. The second-order valence-electron chi connectivity index (χ2n) is 7.14. The van der Waals surface area contributed by atoms with Gasteiger partial charge in [0, 0.05) is 19.6 Å². The first-order valence-corrected chi connectivity index (χ1v) is 12.1. The number of hydrogen-bond acceptors (Lipinski definition) is 4. The van der Waals surface area contributed by atoms with Crippen LogP contribution in [0.3, 0.4) is 0 Å². The van der Waals surface area contributed by atoms with Crippen LogP contribution in [0.15, 0.2) is 64.5 Å². The van der Waals surface area contributed by atoms with Gasteiger partial charge in [0.2, 0.25) is 0 Å². The largest absolute Gasteiger partial charge is 0.497 e. The first-order chi connectivity index (χ1) is 14.5. The molecule has 6 nitrogen and oxygen atoms in total. The monoisotopic (exact) mass is 559 g/mol. The number of nitrogens with zero attached hydrogens (tertiary/aromatic N) is 1. The number of benzene rings is 2. The Morgan fingerprint density at radius 3 is 2.35 bits per heavy atom. The molecule has 0 aliphatic rings. The van der Waals surface area contributed by atoms with Crippen LogP contribution in [0.1, 0.15) is 38.2 Å². The molecule has 1 atom stereocenters. The number of methoxy groups -OCH3 is 1. The van der Waals surface area contributed by atoms with Crippen molar-refractivity contribution in [1.29, 1.82) is 0 Å². The number of aliphatic imine (C=N–C) groups is 1. The van der Waals surface area contributed by atoms with Gasteiger partial charge in [0.15, 0.2) is 15.8 Å². The van der Waals surface area contributed by atoms with Gasteiger partial charge in [-0.05, 0) is 55.5 Å². The standard InChI is InChI=1S/C23H33N3O3S.HI/c1-4-24-23(25-16-8-18-30(27,28)22-9-6-5-7-10-22)26-17-15-19(2)20-11-13-21(29-3)14-12-20;/h5-7,9-14,19H,4,8,15-18H2,1-3H3,(H2,24,25,26);1H. The number of rotatable bonds is 11. The molecule has 0 aromatic heterocycles. The predicted octanol–water partition coefficient (Wildman–Crippen LogP) is 4.23. The van der Waals surface area contributed by atoms with Crippen LogP contribution in [0.2, 0.25) is 0 Å². The molecule has 0 aliphatic heterocycles. The van der Waals surface area contributed by atoms with Crippen molar-refractivity contribution in [2.75, 3.05) is 32.5 Å². The van der Waals surface area contributed by atoms with E-state index in [4.69, 9.17) is 4.74 Å². The number of halogens is 1. The van der Waals surface area contributed by atoms with Crippen molar-refractivity contribution in [2.24, 2.45) is 4.99 Å². The molecule has 0 spiro atoms. The number of sulfone groups is 1. The predicted molar refractivity (Wildman–Crippen MR) is 139 cm³/mol. The van der Waals surface area contributed by atoms with E-state index in [-0.39, 0.29) is 29.7 Å². The zero-order chi connectivity index (χ0) is 21.8. The second kappa shape index (κ2) is 14.3. The van der Waals surface area contributed by atoms with E-state index >= 15 is 0 Å². The molecule has 1 unspecified atom stereocenters. The van der Waals surface area contributed by atoms with Crippen LogP contribution in [0.25, 0.3) is 0 Å². The first-order valence-electron chi connectivity index (χ1n) is 10.4. The molecular formula is C23H34IN3O3S. The third-order valence-corrected chi connectivity index (χ3v) is 6.66. The van der Waals surface area contributed by atoms with Crippen LogP contribution < -0.4 is 15.4 Å². The van der Waals surface area contributed by atoms with Crippen LogP contribution in [0.4, 0.5) is 0 Å². The summed E-state index contributed by atoms with van der Waals surface area (Å²) in [5.74, 6) is 2.08. The van der Waals surface area contributed by atoms with Crippen LogP contribution in [0.5, 0.6) is 5.75 Å². The molecular weight excluding hydrogens is 525 g/mol. The Labute approximate surface area is 203 Å². The van der Waals surface area contributed by atoms with E-state index in [1.165, 1.54) is 5.56 Å². The van der Waals surface area contributed by atoms with Crippen molar-refractivity contribution < 1.29 is 13.2 Å². The lowest BCUT2D eigenvalue weighted by Crippen LogP contribution is -2.38. The van der Waals surface area contributed by atoms with Crippen molar-refractivity contribution in [2.45, 2.75) is 37.5 Å². The van der Waals surface area contributed by atoms with Crippen LogP contribution in [-0.2, 0) is 9.84 Å². The van der Waals surface area contributed by atoms with Gasteiger partial charge in [0.1, 0.15) is 5.75 Å². The number of nitrogens with one attached hydrogen (secondary N) is 2. The summed E-state index contributed by atoms with van der Waals surface area (Å²) >= 11 is 0. The highest BCUT2D eigenvalue weighted by Crippen LogP contribution is 2.21. The minimum atomic E-state index is -3.25. The topological polar surface area (TPSA) is 79.8 Å². The number of ether oxygens (including phenoxy) is 1. The molecule has 31 heavy (non-hydrogen) atoms. The smallest absolute Gasteiger partial charge is 0.191 e. The lowest BCUT2D eigenvalue weighted by atomic mass is 9.98. The molecule has 2 N–H and O–H groups in total. The zero-order valence-corrected chi connectivity index (χ0v) is 21.7. The average molecular weight is 560 g/mol. The molecule has 0 bridgehead atoms. The summed E-state index contributed by atoms with van der Waals surface area (Å²) < 4.78 is 29.9. The van der Waals surface area contributed by atoms with E-state index in [1.807, 2.05) is 25.1 Å². The van der Waals surface area contributed by atoms with Gasteiger partial charge in [-0.3, -0.25) is 4.99 Å². The Balaban J connectivity index is 0.00000480. The fourth-order valence-corrected chi connectivity index (χ4v) is 4.36. The molecule has 0 fully saturated rings. The van der Waals surface area contributed by atoms with Gasteiger partial charge in [0.05, 0.1) is 17.8 Å². The molecule has 2 aromatic carbocycles. The summed E-state index contributed by atoms with van der Waals surface area (Å²) in [6.07, 6.45) is 1.44. The van der Waals surface area contributed by atoms with Gasteiger partial charge in [-0.15, -0.1) is 24.0 Å². The van der Waals surface area contributed by atoms with Crippen molar-refractivity contribution in [3.8, 4) is 5.75 Å². The zero-order valence-electron chi connectivity index (χ0n) is 18.5. The average Bonchev–Trinajstić information content (AvgIpc) is 2.77. The maximum absolute atomic E-state index is 12.3. The molecule has 0 heterocycles. The molecule has 0 amide bonds. The van der Waals surface area contributed by atoms with Crippen molar-refractivity contribution in [3.05, 3.63) is 60.2 Å². The highest BCUT2D eigenvalue weighted by molar-refractivity contribution is 14.0. The Morgan fingerprint density at radius 1 is 1.06 bits per heavy atom. The maximum atomic E-state index is 12.3. The van der Waals surface area contributed by atoms with Gasteiger partial charge >= 0.3 is 0 Å². The Hall–Kier alpha value is -1.81. The second-order valence-corrected chi connectivity index (χ2v) is 9.24. The highest BCUT2D eigenvalue weighted by Gasteiger charge is 2.13. The molecule has 0 radical (unpaired) electrons. The van der Waals surface area contributed by atoms with Crippen molar-refractivity contribution in [3.63, 3.8) is 0 Å². The quantitative estimate of drug-likeness (QED) is 0.187. The highest BCUT2D eigenvalue weighted by atomic mass is 127. The third-order valence-electron chi connectivity index (χ3n) is 4.84. The SMILES string of the molecule is CCNC(=NCCCS(=O)(=O)c1ccccc1)NCCC(C)c1ccc(OC)cc1.I. The van der Waals surface area contributed by atoms with E-state index in [0.29, 0.717) is 23.8 Å². The normalized spacial score (nSPS) is 12.5. The van der Waals surface area contributed by atoms with E-state index in [9.17, 15) is 8.42 Å². The fraction of sp³-hybridized carbons (Fsp3) is 0.435. The summed E-state index contributed by atoms with van der Waals surface area (Å²) in [6, 6.07) is 16.7. The van der Waals surface area contributed by atoms with Crippen molar-refractivity contribution >= 4 is 39.8 Å². The van der Waals surface area contributed by atoms with Gasteiger partial charge in [-0.1, -0.05) is 37.3 Å². The summed E-state index contributed by atoms with van der Waals surface area (Å²) in [5, 5.41) is 6.55. The Kier molecular flexibility index (Phi) is 12.5. The van der Waals surface area contributed by atoms with E-state index in [0.717, 1.165) is 31.2 Å². The van der Waals surface area contributed by atoms with Crippen LogP contribution >= 0.6 is 24.0 Å². The van der Waals surface area contributed by atoms with Gasteiger partial charge < -0.3 is 15.4 Å². The maximum Gasteiger partial charge on any atom is 0.191 e. The third kappa shape index (κ3) is 9.47. The summed E-state index contributed by atoms with van der Waals surface area (Å²) in [6.45, 7) is 6.19. The minimum Gasteiger partial charge on any atom is -0.497 e. The minimum absolute atomic E-state index is 0. The molecule has 0 saturated carbocycles. The summed E-state index contributed by atoms with van der Waals surface area (Å²) in [5.41, 5.74) is 1.27. The Morgan fingerprint density at radius 2 is 1.74 bits per heavy atom. The van der Waals surface area contributed by atoms with Gasteiger partial charge in [-0.2, -0.15) is 0 Å². The fourth-order valence-electron chi connectivity index (χ4n) is 3.04. The summed E-state index contributed by atoms with van der Waals surface area (Å²) in [4.78, 5) is 4.88. The van der Waals surface area contributed by atoms with Gasteiger partial charge in [0.25, 0.3) is 0 Å². The lowest BCUT2D eigenvalue weighted by Gasteiger charge is -2.15. The molecule has 2 aromatic rings. The van der Waals surface area contributed by atoms with Crippen LogP contribution in [-0.4, -0.2) is 46.9 Å². The van der Waals surface area contributed by atoms with E-state index < -0.39 is 9.84 Å². The molecule has 2 rings (SSSR count). The van der Waals surface area contributed by atoms with Crippen molar-refractivity contribution in [1.82, 2.24) is 10.6 Å². The van der Waals surface area contributed by atoms with E-state index in [2.05, 4.69) is 34.7 Å². The van der Waals surface area contributed by atoms with E-state index in [1.54, 1.807) is 31.4 Å². The molecule has 0 aliphatic carbocycles. The first kappa shape index (κ1) is 27.2. The molecule has 0 saturated heterocycles. The molecule has 8 heteroatoms. The van der Waals surface area contributed by atoms with Crippen LogP contribution in [0, 0.1) is 0 Å². The Bertz CT molecular complexity index is 888.